The number of ketones is 1. The molecule has 3 aliphatic heterocycles. The van der Waals surface area contributed by atoms with Crippen LogP contribution < -0.4 is 4.74 Å². The normalized spacial score (nSPS) is 23.6. The molecular formula is C41H30O26. The van der Waals surface area contributed by atoms with Crippen molar-refractivity contribution in [2.24, 2.45) is 0 Å². The number of hydrogen-bond acceptors (Lipinski definition) is 26. The van der Waals surface area contributed by atoms with Gasteiger partial charge in [-0.25, -0.2) is 19.2 Å². The summed E-state index contributed by atoms with van der Waals surface area (Å²) >= 11 is 0. The Balaban J connectivity index is 1.20. The van der Waals surface area contributed by atoms with E-state index in [0.717, 1.165) is 0 Å². The Morgan fingerprint density at radius 3 is 1.97 bits per heavy atom. The number of carbonyl (C=O) groups is 6. The molecule has 67 heavy (non-hydrogen) atoms. The fourth-order valence-corrected chi connectivity index (χ4v) is 7.82. The van der Waals surface area contributed by atoms with E-state index in [9.17, 15) is 100 Å². The van der Waals surface area contributed by atoms with E-state index in [4.69, 9.17) is 28.4 Å². The van der Waals surface area contributed by atoms with Gasteiger partial charge in [0.2, 0.25) is 29.3 Å². The molecule has 4 bridgehead atoms. The SMILES string of the molecule is O=Cc1cc(O)c(O)c(O)c1-c1cc(C(=O)OCC2OC(OC(=O)c3cc(O)c(O)c(O)c3)C3CC2OC(=O)C2=CC(=O)C4(O)Oc5c(O)c(O)cc(c5C2C4(O)O)C(=O)O3)c(O)c(O)c1O. The second-order valence-electron chi connectivity index (χ2n) is 15.1. The van der Waals surface area contributed by atoms with Gasteiger partial charge in [-0.05, 0) is 36.4 Å². The number of fused-ring (bicyclic) bond motifs is 3. The lowest BCUT2D eigenvalue weighted by Gasteiger charge is -2.49. The summed E-state index contributed by atoms with van der Waals surface area (Å²) in [7, 11) is 0. The van der Waals surface area contributed by atoms with Crippen LogP contribution in [-0.2, 0) is 33.3 Å². The number of phenols is 11. The second kappa shape index (κ2) is 15.5. The Hall–Kier alpha value is -8.72. The van der Waals surface area contributed by atoms with Crippen molar-refractivity contribution in [2.45, 2.75) is 48.5 Å². The number of esters is 4. The summed E-state index contributed by atoms with van der Waals surface area (Å²) in [5.74, 6) is -32.4. The van der Waals surface area contributed by atoms with Gasteiger partial charge in [-0.15, -0.1) is 0 Å². The lowest BCUT2D eigenvalue weighted by molar-refractivity contribution is -0.339. The summed E-state index contributed by atoms with van der Waals surface area (Å²) < 4.78 is 32.8. The summed E-state index contributed by atoms with van der Waals surface area (Å²) in [6.45, 7) is -1.18. The summed E-state index contributed by atoms with van der Waals surface area (Å²) in [4.78, 5) is 80.5. The molecule has 0 amide bonds. The molecule has 3 heterocycles. The number of aromatic hydroxyl groups is 11. The van der Waals surface area contributed by atoms with Crippen LogP contribution in [0, 0.1) is 0 Å². The molecule has 4 aliphatic rings. The largest absolute Gasteiger partial charge is 0.504 e. The van der Waals surface area contributed by atoms with Crippen molar-refractivity contribution >= 4 is 35.9 Å². The second-order valence-corrected chi connectivity index (χ2v) is 15.1. The summed E-state index contributed by atoms with van der Waals surface area (Å²) in [5.41, 5.74) is -6.76. The van der Waals surface area contributed by atoms with Crippen molar-refractivity contribution in [3.8, 4) is 80.1 Å². The van der Waals surface area contributed by atoms with Gasteiger partial charge in [0, 0.05) is 28.7 Å². The monoisotopic (exact) mass is 938 g/mol. The fourth-order valence-electron chi connectivity index (χ4n) is 7.82. The Morgan fingerprint density at radius 2 is 1.31 bits per heavy atom. The number of ether oxygens (including phenoxy) is 6. The molecule has 8 rings (SSSR count). The topological polar surface area (TPSA) is 441 Å². The van der Waals surface area contributed by atoms with Crippen LogP contribution in [0.1, 0.15) is 59.3 Å². The number of aliphatic hydroxyl groups is 3. The third-order valence-corrected chi connectivity index (χ3v) is 11.2. The van der Waals surface area contributed by atoms with Crippen molar-refractivity contribution in [3.05, 3.63) is 69.8 Å². The first-order valence-electron chi connectivity index (χ1n) is 18.8. The lowest BCUT2D eigenvalue weighted by atomic mass is 9.70. The van der Waals surface area contributed by atoms with Crippen LogP contribution in [0.15, 0.2) is 42.0 Å². The number of benzene rings is 4. The number of rotatable bonds is 7. The molecule has 4 aromatic carbocycles. The van der Waals surface area contributed by atoms with Crippen LogP contribution in [0.5, 0.6) is 69.0 Å². The standard InChI is InChI=1S/C41H30O26/c42-8-11-3-18(45)30(51)32(53)24(11)12-4-15(28(49)33(54)27(12)48)36(56)62-9-22-20-7-21(39(65-22)66-35(55)10-1-16(43)29(50)17(44)2-10)64-37(57)13-5-19(46)31(52)34-25(13)26-14(38(58)63-20)6-23(47)41(61,67-34)40(26,59)60/h1-6,8,20-22,26,39,43-46,48-54,59-61H,7,9H2. The van der Waals surface area contributed by atoms with Gasteiger partial charge in [-0.2, -0.15) is 0 Å². The molecule has 6 atom stereocenters. The van der Waals surface area contributed by atoms with Gasteiger partial charge in [0.05, 0.1) is 22.6 Å². The highest BCUT2D eigenvalue weighted by Gasteiger charge is 2.70. The fraction of sp³-hybridized carbons (Fsp3) is 0.220. The van der Waals surface area contributed by atoms with Crippen molar-refractivity contribution in [1.29, 1.82) is 0 Å². The van der Waals surface area contributed by atoms with Gasteiger partial charge in [-0.3, -0.25) is 9.59 Å². The molecule has 0 radical (unpaired) electrons. The molecule has 350 valence electrons. The van der Waals surface area contributed by atoms with Gasteiger partial charge in [0.15, 0.2) is 64.1 Å². The molecule has 1 saturated heterocycles. The Kier molecular flexibility index (Phi) is 10.4. The van der Waals surface area contributed by atoms with Gasteiger partial charge in [0.25, 0.3) is 5.79 Å². The van der Waals surface area contributed by atoms with E-state index in [1.54, 1.807) is 0 Å². The van der Waals surface area contributed by atoms with Crippen molar-refractivity contribution in [1.82, 2.24) is 0 Å². The quantitative estimate of drug-likeness (QED) is 0.0367. The average Bonchev–Trinajstić information content (AvgIpc) is 3.28. The van der Waals surface area contributed by atoms with Gasteiger partial charge >= 0.3 is 29.7 Å². The van der Waals surface area contributed by atoms with Crippen molar-refractivity contribution < 1.29 is 129 Å². The molecule has 26 nitrogen and oxygen atoms in total. The van der Waals surface area contributed by atoms with Crippen LogP contribution in [0.2, 0.25) is 0 Å². The zero-order valence-electron chi connectivity index (χ0n) is 33.0. The first kappa shape index (κ1) is 44.9. The molecule has 14 N–H and O–H groups in total. The molecular weight excluding hydrogens is 908 g/mol. The highest BCUT2D eigenvalue weighted by Crippen LogP contribution is 2.58. The van der Waals surface area contributed by atoms with Crippen LogP contribution in [0.25, 0.3) is 11.1 Å². The van der Waals surface area contributed by atoms with Crippen molar-refractivity contribution in [2.75, 3.05) is 6.61 Å². The van der Waals surface area contributed by atoms with E-state index < -0.39 is 198 Å². The lowest BCUT2D eigenvalue weighted by Crippen LogP contribution is -2.70. The Labute approximate surface area is 369 Å². The maximum atomic E-state index is 14.1. The minimum absolute atomic E-state index is 0.0349. The molecule has 0 spiro atoms. The third-order valence-electron chi connectivity index (χ3n) is 11.2. The highest BCUT2D eigenvalue weighted by molar-refractivity contribution is 6.08. The predicted molar refractivity (Wildman–Crippen MR) is 205 cm³/mol. The Bertz CT molecular complexity index is 2910. The number of carbonyl (C=O) groups excluding carboxylic acids is 6. The van der Waals surface area contributed by atoms with Crippen LogP contribution in [0.4, 0.5) is 0 Å². The highest BCUT2D eigenvalue weighted by atomic mass is 16.7. The molecule has 4 aromatic rings. The molecule has 26 heteroatoms. The zero-order valence-corrected chi connectivity index (χ0v) is 33.0. The smallest absolute Gasteiger partial charge is 0.342 e. The number of aldehydes is 1. The third kappa shape index (κ3) is 6.81. The first-order chi connectivity index (χ1) is 31.4. The maximum absolute atomic E-state index is 14.1. The van der Waals surface area contributed by atoms with Gasteiger partial charge < -0.3 is 99.9 Å². The van der Waals surface area contributed by atoms with E-state index >= 15 is 0 Å². The zero-order chi connectivity index (χ0) is 48.9. The number of phenolic OH excluding ortho intramolecular Hbond substituents is 11. The minimum atomic E-state index is -3.87. The van der Waals surface area contributed by atoms with Crippen LogP contribution in [-0.4, -0.2) is 150 Å². The Morgan fingerprint density at radius 1 is 0.687 bits per heavy atom. The molecule has 6 unspecified atom stereocenters. The van der Waals surface area contributed by atoms with Gasteiger partial charge in [-0.1, -0.05) is 0 Å². The van der Waals surface area contributed by atoms with E-state index in [1.807, 2.05) is 0 Å². The van der Waals surface area contributed by atoms with Crippen LogP contribution >= 0.6 is 0 Å². The van der Waals surface area contributed by atoms with Crippen molar-refractivity contribution in [3.63, 3.8) is 0 Å². The molecule has 1 aliphatic carbocycles. The molecule has 0 aromatic heterocycles. The minimum Gasteiger partial charge on any atom is -0.504 e. The average molecular weight is 939 g/mol. The molecule has 1 fully saturated rings. The summed E-state index contributed by atoms with van der Waals surface area (Å²) in [5, 5.41) is 147. The van der Waals surface area contributed by atoms with E-state index in [0.29, 0.717) is 36.4 Å². The van der Waals surface area contributed by atoms with E-state index in [1.165, 1.54) is 0 Å². The number of hydrogen-bond donors (Lipinski definition) is 14. The van der Waals surface area contributed by atoms with Crippen LogP contribution in [0.3, 0.4) is 0 Å². The summed E-state index contributed by atoms with van der Waals surface area (Å²) in [6, 6.07) is 2.95. The maximum Gasteiger partial charge on any atom is 0.342 e. The first-order valence-corrected chi connectivity index (χ1v) is 18.8. The van der Waals surface area contributed by atoms with E-state index in [2.05, 4.69) is 0 Å². The molecule has 0 saturated carbocycles. The van der Waals surface area contributed by atoms with Gasteiger partial charge in [0.1, 0.15) is 24.4 Å². The predicted octanol–water partition coefficient (Wildman–Crippen LogP) is -0.438. The van der Waals surface area contributed by atoms with E-state index in [-0.39, 0.29) is 6.29 Å². The summed E-state index contributed by atoms with van der Waals surface area (Å²) in [6.07, 6.45) is -8.52.